The predicted octanol–water partition coefficient (Wildman–Crippen LogP) is 2.70. The lowest BCUT2D eigenvalue weighted by atomic mass is 10.3. The van der Waals surface area contributed by atoms with Gasteiger partial charge in [-0.1, -0.05) is 11.6 Å². The highest BCUT2D eigenvalue weighted by Gasteiger charge is 2.14. The fourth-order valence-corrected chi connectivity index (χ4v) is 1.73. The van der Waals surface area contributed by atoms with Crippen LogP contribution in [0.5, 0.6) is 11.6 Å². The van der Waals surface area contributed by atoms with Crippen molar-refractivity contribution in [2.75, 3.05) is 5.73 Å². The van der Waals surface area contributed by atoms with Crippen LogP contribution in [-0.4, -0.2) is 9.97 Å². The van der Waals surface area contributed by atoms with E-state index in [1.54, 1.807) is 0 Å². The molecule has 0 spiro atoms. The van der Waals surface area contributed by atoms with Crippen molar-refractivity contribution < 1.29 is 9.13 Å². The SMILES string of the molecule is Nc1cc(Cl)cc(F)c1Oc1nc[nH]c(=O)c1Br. The molecule has 3 N–H and O–H groups in total. The van der Waals surface area contributed by atoms with E-state index in [0.717, 1.165) is 12.4 Å². The van der Waals surface area contributed by atoms with Crippen molar-refractivity contribution in [3.05, 3.63) is 44.1 Å². The first kappa shape index (κ1) is 12.8. The molecule has 94 valence electrons. The number of nitrogens with one attached hydrogen (secondary N) is 1. The van der Waals surface area contributed by atoms with Gasteiger partial charge in [0.25, 0.3) is 5.56 Å². The Morgan fingerprint density at radius 1 is 1.50 bits per heavy atom. The Bertz CT molecular complexity index is 639. The number of anilines is 1. The number of halogens is 3. The van der Waals surface area contributed by atoms with E-state index in [1.807, 2.05) is 0 Å². The van der Waals surface area contributed by atoms with Crippen molar-refractivity contribution in [1.29, 1.82) is 0 Å². The highest BCUT2D eigenvalue weighted by Crippen LogP contribution is 2.33. The van der Waals surface area contributed by atoms with Crippen LogP contribution < -0.4 is 16.0 Å². The van der Waals surface area contributed by atoms with Gasteiger partial charge in [-0.05, 0) is 28.1 Å². The predicted molar refractivity (Wildman–Crippen MR) is 68.5 cm³/mol. The summed E-state index contributed by atoms with van der Waals surface area (Å²) in [5, 5.41) is 0.148. The summed E-state index contributed by atoms with van der Waals surface area (Å²) in [4.78, 5) is 17.4. The number of nitrogen functional groups attached to an aromatic ring is 1. The number of nitrogens with zero attached hydrogens (tertiary/aromatic N) is 1. The summed E-state index contributed by atoms with van der Waals surface area (Å²) >= 11 is 8.61. The largest absolute Gasteiger partial charge is 0.432 e. The third-order valence-electron chi connectivity index (χ3n) is 2.00. The maximum absolute atomic E-state index is 13.6. The molecule has 1 aromatic heterocycles. The van der Waals surface area contributed by atoms with Crippen molar-refractivity contribution in [2.24, 2.45) is 0 Å². The minimum Gasteiger partial charge on any atom is -0.432 e. The lowest BCUT2D eigenvalue weighted by Gasteiger charge is -2.09. The van der Waals surface area contributed by atoms with Gasteiger partial charge in [0.15, 0.2) is 11.6 Å². The molecule has 5 nitrogen and oxygen atoms in total. The Morgan fingerprint density at radius 3 is 2.89 bits per heavy atom. The fourth-order valence-electron chi connectivity index (χ4n) is 1.22. The number of hydrogen-bond acceptors (Lipinski definition) is 4. The highest BCUT2D eigenvalue weighted by atomic mass is 79.9. The zero-order valence-corrected chi connectivity index (χ0v) is 11.0. The lowest BCUT2D eigenvalue weighted by Crippen LogP contribution is -2.09. The number of hydrogen-bond donors (Lipinski definition) is 2. The molecule has 18 heavy (non-hydrogen) atoms. The van der Waals surface area contributed by atoms with Gasteiger partial charge < -0.3 is 15.5 Å². The van der Waals surface area contributed by atoms with Crippen molar-refractivity contribution in [3.8, 4) is 11.6 Å². The molecule has 0 amide bonds. The van der Waals surface area contributed by atoms with Crippen molar-refractivity contribution in [3.63, 3.8) is 0 Å². The zero-order chi connectivity index (χ0) is 13.3. The van der Waals surface area contributed by atoms with E-state index in [-0.39, 0.29) is 26.8 Å². The number of H-pyrrole nitrogens is 1. The van der Waals surface area contributed by atoms with Crippen molar-refractivity contribution in [2.45, 2.75) is 0 Å². The summed E-state index contributed by atoms with van der Waals surface area (Å²) in [5.74, 6) is -1.07. The van der Waals surface area contributed by atoms with Gasteiger partial charge >= 0.3 is 0 Å². The first-order valence-corrected chi connectivity index (χ1v) is 5.81. The van der Waals surface area contributed by atoms with E-state index in [2.05, 4.69) is 25.9 Å². The summed E-state index contributed by atoms with van der Waals surface area (Å²) in [6.07, 6.45) is 1.13. The van der Waals surface area contributed by atoms with Gasteiger partial charge in [0.1, 0.15) is 4.47 Å². The van der Waals surface area contributed by atoms with Crippen LogP contribution in [0.1, 0.15) is 0 Å². The highest BCUT2D eigenvalue weighted by molar-refractivity contribution is 9.10. The van der Waals surface area contributed by atoms with Gasteiger partial charge in [0, 0.05) is 5.02 Å². The molecule has 2 aromatic rings. The number of aromatic nitrogens is 2. The van der Waals surface area contributed by atoms with Gasteiger partial charge in [-0.2, -0.15) is 0 Å². The molecular weight excluding hydrogens is 328 g/mol. The molecule has 0 aliphatic heterocycles. The minimum absolute atomic E-state index is 0.00832. The molecule has 0 bridgehead atoms. The number of nitrogens with two attached hydrogens (primary N) is 1. The number of aromatic amines is 1. The summed E-state index contributed by atoms with van der Waals surface area (Å²) < 4.78 is 18.8. The Labute approximate surface area is 114 Å². The number of benzene rings is 1. The smallest absolute Gasteiger partial charge is 0.268 e. The van der Waals surface area contributed by atoms with E-state index in [4.69, 9.17) is 22.1 Å². The molecule has 0 fully saturated rings. The summed E-state index contributed by atoms with van der Waals surface area (Å²) in [6.45, 7) is 0. The molecular formula is C10H6BrClFN3O2. The Hall–Kier alpha value is -1.60. The molecule has 1 aromatic carbocycles. The molecule has 0 atom stereocenters. The van der Waals surface area contributed by atoms with E-state index < -0.39 is 11.4 Å². The second-order valence-electron chi connectivity index (χ2n) is 3.26. The topological polar surface area (TPSA) is 81.0 Å². The second kappa shape index (κ2) is 4.95. The van der Waals surface area contributed by atoms with E-state index in [9.17, 15) is 9.18 Å². The van der Waals surface area contributed by atoms with Crippen molar-refractivity contribution in [1.82, 2.24) is 9.97 Å². The quantitative estimate of drug-likeness (QED) is 0.827. The first-order valence-electron chi connectivity index (χ1n) is 4.64. The van der Waals surface area contributed by atoms with E-state index >= 15 is 0 Å². The van der Waals surface area contributed by atoms with Gasteiger partial charge in [-0.3, -0.25) is 4.79 Å². The van der Waals surface area contributed by atoms with Gasteiger partial charge in [-0.15, -0.1) is 0 Å². The normalized spacial score (nSPS) is 10.4. The van der Waals surface area contributed by atoms with Crippen LogP contribution in [0.25, 0.3) is 0 Å². The molecule has 1 heterocycles. The average Bonchev–Trinajstić information content (AvgIpc) is 2.28. The van der Waals surface area contributed by atoms with Crippen LogP contribution >= 0.6 is 27.5 Å². The monoisotopic (exact) mass is 333 g/mol. The maximum atomic E-state index is 13.6. The molecule has 2 rings (SSSR count). The zero-order valence-electron chi connectivity index (χ0n) is 8.71. The number of ether oxygens (including phenoxy) is 1. The van der Waals surface area contributed by atoms with Crippen LogP contribution in [0.4, 0.5) is 10.1 Å². The molecule has 0 aliphatic carbocycles. The minimum atomic E-state index is -0.742. The van der Waals surface area contributed by atoms with Gasteiger partial charge in [0.2, 0.25) is 5.88 Å². The Morgan fingerprint density at radius 2 is 2.22 bits per heavy atom. The molecule has 0 aliphatic rings. The number of rotatable bonds is 2. The Kier molecular flexibility index (Phi) is 3.53. The van der Waals surface area contributed by atoms with E-state index in [0.29, 0.717) is 0 Å². The van der Waals surface area contributed by atoms with Crippen LogP contribution in [0.2, 0.25) is 5.02 Å². The third-order valence-corrected chi connectivity index (χ3v) is 2.92. The summed E-state index contributed by atoms with van der Waals surface area (Å²) in [5.41, 5.74) is 5.14. The fraction of sp³-hybridized carbons (Fsp3) is 0. The second-order valence-corrected chi connectivity index (χ2v) is 4.49. The molecule has 0 saturated heterocycles. The third kappa shape index (κ3) is 2.46. The average molecular weight is 335 g/mol. The molecule has 0 saturated carbocycles. The van der Waals surface area contributed by atoms with Crippen LogP contribution in [0, 0.1) is 5.82 Å². The summed E-state index contributed by atoms with van der Waals surface area (Å²) in [6, 6.07) is 2.38. The molecule has 0 unspecified atom stereocenters. The van der Waals surface area contributed by atoms with Crippen LogP contribution in [0.15, 0.2) is 27.7 Å². The van der Waals surface area contributed by atoms with Crippen LogP contribution in [0.3, 0.4) is 0 Å². The van der Waals surface area contributed by atoms with E-state index in [1.165, 1.54) is 6.07 Å². The lowest BCUT2D eigenvalue weighted by molar-refractivity contribution is 0.425. The van der Waals surface area contributed by atoms with Gasteiger partial charge in [0.05, 0.1) is 12.0 Å². The van der Waals surface area contributed by atoms with Crippen molar-refractivity contribution >= 4 is 33.2 Å². The van der Waals surface area contributed by atoms with Gasteiger partial charge in [-0.25, -0.2) is 9.37 Å². The molecule has 8 heteroatoms. The molecule has 0 radical (unpaired) electrons. The van der Waals surface area contributed by atoms with Crippen LogP contribution in [-0.2, 0) is 0 Å². The standard InChI is InChI=1S/C10H6BrClFN3O2/c11-7-9(17)15-3-16-10(7)18-8-5(13)1-4(12)2-6(8)14/h1-3H,14H2,(H,15,16,17). The first-order chi connectivity index (χ1) is 8.49. The summed E-state index contributed by atoms with van der Waals surface area (Å²) in [7, 11) is 0. The maximum Gasteiger partial charge on any atom is 0.268 e. The Balaban J connectivity index is 2.47.